The van der Waals surface area contributed by atoms with Crippen LogP contribution in [0.5, 0.6) is 0 Å². The number of hydrogen-bond donors (Lipinski definition) is 1. The van der Waals surface area contributed by atoms with E-state index in [0.29, 0.717) is 0 Å². The maximum atomic E-state index is 3.71. The fourth-order valence-corrected chi connectivity index (χ4v) is 4.53. The maximum absolute atomic E-state index is 3.71. The van der Waals surface area contributed by atoms with Crippen LogP contribution in [0.15, 0.2) is 0 Å². The Morgan fingerprint density at radius 1 is 0.895 bits per heavy atom. The smallest absolute Gasteiger partial charge is 0.0250 e. The third kappa shape index (κ3) is 3.14. The molecule has 0 amide bonds. The molecule has 3 atom stereocenters. The first-order chi connectivity index (χ1) is 9.38. The number of likely N-dealkylation sites (tertiary alicyclic amines) is 2. The highest BCUT2D eigenvalue weighted by Crippen LogP contribution is 2.29. The second-order valence-corrected chi connectivity index (χ2v) is 6.70. The van der Waals surface area contributed by atoms with Gasteiger partial charge in [-0.1, -0.05) is 19.8 Å². The number of hydrogen-bond acceptors (Lipinski definition) is 3. The molecule has 3 nitrogen and oxygen atoms in total. The molecule has 3 rings (SSSR count). The molecule has 2 heterocycles. The van der Waals surface area contributed by atoms with Crippen LogP contribution in [0.1, 0.15) is 51.9 Å². The Kier molecular flexibility index (Phi) is 4.78. The summed E-state index contributed by atoms with van der Waals surface area (Å²) < 4.78 is 0. The van der Waals surface area contributed by atoms with E-state index in [-0.39, 0.29) is 0 Å². The predicted molar refractivity (Wildman–Crippen MR) is 80.5 cm³/mol. The zero-order valence-electron chi connectivity index (χ0n) is 12.6. The highest BCUT2D eigenvalue weighted by atomic mass is 15.3. The number of nitrogens with zero attached hydrogens (tertiary/aromatic N) is 2. The zero-order valence-corrected chi connectivity index (χ0v) is 12.6. The summed E-state index contributed by atoms with van der Waals surface area (Å²) in [6.07, 6.45) is 9.97. The molecule has 0 spiro atoms. The molecule has 3 fully saturated rings. The van der Waals surface area contributed by atoms with Gasteiger partial charge in [0.05, 0.1) is 0 Å². The molecule has 0 radical (unpaired) electrons. The molecule has 0 aromatic carbocycles. The molecule has 1 N–H and O–H groups in total. The van der Waals surface area contributed by atoms with Crippen LogP contribution in [-0.2, 0) is 0 Å². The van der Waals surface area contributed by atoms with Crippen LogP contribution in [-0.4, -0.2) is 60.6 Å². The van der Waals surface area contributed by atoms with Crippen LogP contribution < -0.4 is 5.32 Å². The summed E-state index contributed by atoms with van der Waals surface area (Å²) in [5.41, 5.74) is 0. The van der Waals surface area contributed by atoms with Crippen molar-refractivity contribution in [3.05, 3.63) is 0 Å². The zero-order chi connectivity index (χ0) is 13.1. The van der Waals surface area contributed by atoms with Crippen molar-refractivity contribution in [3.8, 4) is 0 Å². The number of likely N-dealkylation sites (N-methyl/N-ethyl adjacent to an activating group) is 1. The standard InChI is InChI=1S/C16H31N3/c1-2-17-15-7-6-8-16(15)19-12-9-14(13-19)18-10-4-3-5-11-18/h14-17H,2-13H2,1H3. The lowest BCUT2D eigenvalue weighted by molar-refractivity contribution is 0.146. The lowest BCUT2D eigenvalue weighted by Gasteiger charge is -2.34. The average molecular weight is 265 g/mol. The normalized spacial score (nSPS) is 38.1. The first-order valence-corrected chi connectivity index (χ1v) is 8.60. The van der Waals surface area contributed by atoms with Gasteiger partial charge in [-0.15, -0.1) is 0 Å². The minimum Gasteiger partial charge on any atom is -0.313 e. The van der Waals surface area contributed by atoms with Crippen molar-refractivity contribution in [2.75, 3.05) is 32.7 Å². The molecule has 2 aliphatic heterocycles. The molecule has 3 unspecified atom stereocenters. The summed E-state index contributed by atoms with van der Waals surface area (Å²) in [6.45, 7) is 8.78. The van der Waals surface area contributed by atoms with Crippen LogP contribution in [0, 0.1) is 0 Å². The van der Waals surface area contributed by atoms with Crippen LogP contribution >= 0.6 is 0 Å². The molecule has 110 valence electrons. The van der Waals surface area contributed by atoms with E-state index in [1.54, 1.807) is 0 Å². The van der Waals surface area contributed by atoms with Gasteiger partial charge < -0.3 is 5.32 Å². The molecule has 1 aliphatic carbocycles. The largest absolute Gasteiger partial charge is 0.313 e. The summed E-state index contributed by atoms with van der Waals surface area (Å²) in [4.78, 5) is 5.58. The third-order valence-corrected chi connectivity index (χ3v) is 5.52. The molecule has 0 bridgehead atoms. The van der Waals surface area contributed by atoms with Crippen LogP contribution in [0.4, 0.5) is 0 Å². The van der Waals surface area contributed by atoms with Gasteiger partial charge in [0.2, 0.25) is 0 Å². The van der Waals surface area contributed by atoms with Gasteiger partial charge >= 0.3 is 0 Å². The van der Waals surface area contributed by atoms with Gasteiger partial charge in [-0.05, 0) is 51.7 Å². The van der Waals surface area contributed by atoms with E-state index in [1.165, 1.54) is 71.1 Å². The summed E-state index contributed by atoms with van der Waals surface area (Å²) in [5, 5.41) is 3.71. The quantitative estimate of drug-likeness (QED) is 0.839. The Hall–Kier alpha value is -0.120. The van der Waals surface area contributed by atoms with Gasteiger partial charge in [-0.25, -0.2) is 0 Å². The summed E-state index contributed by atoms with van der Waals surface area (Å²) in [5.74, 6) is 0. The minimum absolute atomic E-state index is 0.769. The van der Waals surface area contributed by atoms with Crippen molar-refractivity contribution < 1.29 is 0 Å². The number of piperidine rings is 1. The summed E-state index contributed by atoms with van der Waals surface area (Å²) in [7, 11) is 0. The second kappa shape index (κ2) is 6.55. The lowest BCUT2D eigenvalue weighted by Crippen LogP contribution is -2.47. The summed E-state index contributed by atoms with van der Waals surface area (Å²) in [6, 6.07) is 2.46. The Bertz CT molecular complexity index is 275. The lowest BCUT2D eigenvalue weighted by atomic mass is 10.1. The van der Waals surface area contributed by atoms with Gasteiger partial charge in [0.1, 0.15) is 0 Å². The van der Waals surface area contributed by atoms with E-state index in [4.69, 9.17) is 0 Å². The van der Waals surface area contributed by atoms with Crippen molar-refractivity contribution >= 4 is 0 Å². The van der Waals surface area contributed by atoms with Gasteiger partial charge in [0, 0.05) is 31.2 Å². The molecule has 2 saturated heterocycles. The van der Waals surface area contributed by atoms with E-state index in [9.17, 15) is 0 Å². The van der Waals surface area contributed by atoms with Crippen molar-refractivity contribution in [2.24, 2.45) is 0 Å². The average Bonchev–Trinajstić information content (AvgIpc) is 3.08. The number of rotatable bonds is 4. The maximum Gasteiger partial charge on any atom is 0.0250 e. The van der Waals surface area contributed by atoms with Crippen molar-refractivity contribution in [2.45, 2.75) is 70.0 Å². The van der Waals surface area contributed by atoms with Gasteiger partial charge in [0.25, 0.3) is 0 Å². The van der Waals surface area contributed by atoms with Gasteiger partial charge in [-0.3, -0.25) is 9.80 Å². The predicted octanol–water partition coefficient (Wildman–Crippen LogP) is 2.08. The van der Waals surface area contributed by atoms with Crippen LogP contribution in [0.2, 0.25) is 0 Å². The second-order valence-electron chi connectivity index (χ2n) is 6.70. The van der Waals surface area contributed by atoms with E-state index < -0.39 is 0 Å². The Morgan fingerprint density at radius 2 is 1.74 bits per heavy atom. The van der Waals surface area contributed by atoms with Crippen molar-refractivity contribution in [3.63, 3.8) is 0 Å². The van der Waals surface area contributed by atoms with Gasteiger partial charge in [0.15, 0.2) is 0 Å². The molecule has 0 aromatic rings. The Morgan fingerprint density at radius 3 is 2.53 bits per heavy atom. The molecular weight excluding hydrogens is 234 g/mol. The van der Waals surface area contributed by atoms with E-state index >= 15 is 0 Å². The van der Waals surface area contributed by atoms with Crippen LogP contribution in [0.25, 0.3) is 0 Å². The molecule has 3 aliphatic rings. The van der Waals surface area contributed by atoms with E-state index in [2.05, 4.69) is 22.0 Å². The molecule has 0 aromatic heterocycles. The SMILES string of the molecule is CCNC1CCCC1N1CCC(N2CCCCC2)C1. The monoisotopic (exact) mass is 265 g/mol. The fourth-order valence-electron chi connectivity index (χ4n) is 4.53. The third-order valence-electron chi connectivity index (χ3n) is 5.52. The Labute approximate surface area is 118 Å². The first-order valence-electron chi connectivity index (χ1n) is 8.60. The molecule has 1 saturated carbocycles. The fraction of sp³-hybridized carbons (Fsp3) is 1.00. The minimum atomic E-state index is 0.769. The number of nitrogens with one attached hydrogen (secondary N) is 1. The molecule has 19 heavy (non-hydrogen) atoms. The summed E-state index contributed by atoms with van der Waals surface area (Å²) >= 11 is 0. The van der Waals surface area contributed by atoms with E-state index in [1.807, 2.05) is 0 Å². The van der Waals surface area contributed by atoms with Crippen molar-refractivity contribution in [1.82, 2.24) is 15.1 Å². The van der Waals surface area contributed by atoms with E-state index in [0.717, 1.165) is 24.7 Å². The Balaban J connectivity index is 1.53. The van der Waals surface area contributed by atoms with Crippen LogP contribution in [0.3, 0.4) is 0 Å². The molecule has 3 heteroatoms. The molecular formula is C16H31N3. The first kappa shape index (κ1) is 13.8. The van der Waals surface area contributed by atoms with Crippen molar-refractivity contribution in [1.29, 1.82) is 0 Å². The highest BCUT2D eigenvalue weighted by Gasteiger charge is 2.37. The topological polar surface area (TPSA) is 18.5 Å². The van der Waals surface area contributed by atoms with Gasteiger partial charge in [-0.2, -0.15) is 0 Å². The highest BCUT2D eigenvalue weighted by molar-refractivity contribution is 4.95.